The summed E-state index contributed by atoms with van der Waals surface area (Å²) in [5.74, 6) is 4.34. The summed E-state index contributed by atoms with van der Waals surface area (Å²) in [6.07, 6.45) is 0.423. The molecule has 0 heterocycles. The van der Waals surface area contributed by atoms with Crippen molar-refractivity contribution in [2.24, 2.45) is 11.8 Å². The predicted molar refractivity (Wildman–Crippen MR) is 50.7 cm³/mol. The van der Waals surface area contributed by atoms with Gasteiger partial charge in [0.15, 0.2) is 0 Å². The molecule has 0 spiro atoms. The van der Waals surface area contributed by atoms with Crippen LogP contribution in [0.15, 0.2) is 0 Å². The molecular formula is C7H15NO6P+. The van der Waals surface area contributed by atoms with Gasteiger partial charge in [-0.15, -0.1) is 9.42 Å². The van der Waals surface area contributed by atoms with Gasteiger partial charge in [-0.2, -0.15) is 0 Å². The summed E-state index contributed by atoms with van der Waals surface area (Å²) < 4.78 is 19.4. The van der Waals surface area contributed by atoms with E-state index < -0.39 is 14.2 Å². The van der Waals surface area contributed by atoms with Crippen LogP contribution < -0.4 is 5.90 Å². The van der Waals surface area contributed by atoms with Crippen molar-refractivity contribution in [3.8, 4) is 0 Å². The number of carbonyl (C=O) groups excluding carboxylic acids is 1. The molecule has 0 aliphatic heterocycles. The largest absolute Gasteiger partial charge is 0.694 e. The van der Waals surface area contributed by atoms with Crippen molar-refractivity contribution >= 4 is 14.2 Å². The van der Waals surface area contributed by atoms with Crippen LogP contribution in [0.4, 0.5) is 0 Å². The van der Waals surface area contributed by atoms with Crippen LogP contribution in [0.3, 0.4) is 0 Å². The van der Waals surface area contributed by atoms with Crippen LogP contribution in [0, 0.1) is 5.92 Å². The summed E-state index contributed by atoms with van der Waals surface area (Å²) in [7, 11) is -2.59. The Kier molecular flexibility index (Phi) is 8.35. The lowest BCUT2D eigenvalue weighted by Gasteiger charge is -2.13. The average molecular weight is 240 g/mol. The van der Waals surface area contributed by atoms with Gasteiger partial charge >= 0.3 is 14.2 Å². The first-order valence-electron chi connectivity index (χ1n) is 4.30. The maximum atomic E-state index is 10.5. The second-order valence-corrected chi connectivity index (χ2v) is 3.60. The minimum Gasteiger partial charge on any atom is -0.465 e. The number of hydrogen-bond donors (Lipinski definition) is 2. The fraction of sp³-hybridized carbons (Fsp3) is 0.857. The molecular weight excluding hydrogens is 225 g/mol. The van der Waals surface area contributed by atoms with E-state index in [1.807, 2.05) is 0 Å². The Balaban J connectivity index is 3.71. The van der Waals surface area contributed by atoms with E-state index in [0.29, 0.717) is 6.42 Å². The van der Waals surface area contributed by atoms with Crippen LogP contribution in [-0.2, 0) is 23.5 Å². The molecule has 0 bridgehead atoms. The Morgan fingerprint density at radius 2 is 2.20 bits per heavy atom. The SMILES string of the molecule is CC(=O)OCC(CCO[P+](=O)O)CON. The van der Waals surface area contributed by atoms with Crippen molar-refractivity contribution in [2.45, 2.75) is 13.3 Å². The molecule has 0 saturated heterocycles. The van der Waals surface area contributed by atoms with E-state index >= 15 is 0 Å². The quantitative estimate of drug-likeness (QED) is 0.352. The van der Waals surface area contributed by atoms with Crippen molar-refractivity contribution in [3.05, 3.63) is 0 Å². The normalized spacial score (nSPS) is 13.4. The number of ether oxygens (including phenoxy) is 1. The highest BCUT2D eigenvalue weighted by Gasteiger charge is 2.16. The van der Waals surface area contributed by atoms with E-state index in [1.54, 1.807) is 0 Å². The molecule has 2 unspecified atom stereocenters. The summed E-state index contributed by atoms with van der Waals surface area (Å²) in [5.41, 5.74) is 0. The second-order valence-electron chi connectivity index (χ2n) is 2.86. The average Bonchev–Trinajstić information content (AvgIpc) is 2.13. The standard InChI is InChI=1S/C7H14NO6P/c1-6(9)12-4-7(5-13-8)2-3-14-15(10)11/h7H,2-5,8H2,1H3/p+1. The first-order chi connectivity index (χ1) is 7.06. The molecule has 15 heavy (non-hydrogen) atoms. The Hall–Kier alpha value is -0.590. The summed E-state index contributed by atoms with van der Waals surface area (Å²) in [4.78, 5) is 23.3. The van der Waals surface area contributed by atoms with Gasteiger partial charge in [0, 0.05) is 17.4 Å². The van der Waals surface area contributed by atoms with Crippen molar-refractivity contribution in [1.29, 1.82) is 0 Å². The van der Waals surface area contributed by atoms with Gasteiger partial charge < -0.3 is 9.57 Å². The lowest BCUT2D eigenvalue weighted by Crippen LogP contribution is -2.21. The maximum absolute atomic E-state index is 10.5. The van der Waals surface area contributed by atoms with E-state index in [1.165, 1.54) is 6.92 Å². The lowest BCUT2D eigenvalue weighted by atomic mass is 10.1. The highest BCUT2D eigenvalue weighted by atomic mass is 31.1. The van der Waals surface area contributed by atoms with E-state index in [4.69, 9.17) is 15.5 Å². The third-order valence-corrected chi connectivity index (χ3v) is 1.99. The first-order valence-corrected chi connectivity index (χ1v) is 5.43. The maximum Gasteiger partial charge on any atom is 0.694 e. The summed E-state index contributed by atoms with van der Waals surface area (Å²) in [6.45, 7) is 1.72. The minimum absolute atomic E-state index is 0.0843. The molecule has 0 saturated carbocycles. The number of carbonyl (C=O) groups is 1. The fourth-order valence-corrected chi connectivity index (χ4v) is 1.15. The highest BCUT2D eigenvalue weighted by Crippen LogP contribution is 2.16. The van der Waals surface area contributed by atoms with E-state index in [9.17, 15) is 9.36 Å². The lowest BCUT2D eigenvalue weighted by molar-refractivity contribution is -0.143. The first kappa shape index (κ1) is 14.4. The monoisotopic (exact) mass is 240 g/mol. The number of nitrogens with two attached hydrogens (primary N) is 1. The molecule has 2 atom stereocenters. The molecule has 0 aliphatic carbocycles. The molecule has 0 rings (SSSR count). The van der Waals surface area contributed by atoms with Gasteiger partial charge in [-0.05, 0) is 6.42 Å². The molecule has 0 radical (unpaired) electrons. The number of hydrogen-bond acceptors (Lipinski definition) is 6. The number of esters is 1. The van der Waals surface area contributed by atoms with Crippen molar-refractivity contribution in [3.63, 3.8) is 0 Å². The Bertz CT molecular complexity index is 212. The van der Waals surface area contributed by atoms with Gasteiger partial charge in [-0.25, -0.2) is 5.90 Å². The zero-order valence-corrected chi connectivity index (χ0v) is 9.31. The Morgan fingerprint density at radius 1 is 1.53 bits per heavy atom. The van der Waals surface area contributed by atoms with Crippen LogP contribution in [0.25, 0.3) is 0 Å². The molecule has 0 fully saturated rings. The fourth-order valence-electron chi connectivity index (χ4n) is 0.884. The molecule has 3 N–H and O–H groups in total. The van der Waals surface area contributed by atoms with Crippen molar-refractivity contribution in [2.75, 3.05) is 19.8 Å². The van der Waals surface area contributed by atoms with E-state index in [0.717, 1.165) is 0 Å². The third kappa shape index (κ3) is 9.71. The van der Waals surface area contributed by atoms with Gasteiger partial charge in [0.05, 0.1) is 13.2 Å². The smallest absolute Gasteiger partial charge is 0.465 e. The van der Waals surface area contributed by atoms with E-state index in [2.05, 4.69) is 9.36 Å². The summed E-state index contributed by atoms with van der Waals surface area (Å²) in [6, 6.07) is 0. The van der Waals surface area contributed by atoms with Crippen molar-refractivity contribution < 1.29 is 28.4 Å². The molecule has 8 heteroatoms. The summed E-state index contributed by atoms with van der Waals surface area (Å²) in [5, 5.41) is 0. The zero-order valence-electron chi connectivity index (χ0n) is 8.42. The van der Waals surface area contributed by atoms with Gasteiger partial charge in [0.25, 0.3) is 0 Å². The number of rotatable bonds is 8. The van der Waals surface area contributed by atoms with Gasteiger partial charge in [0.1, 0.15) is 6.61 Å². The molecule has 7 nitrogen and oxygen atoms in total. The molecule has 0 aromatic carbocycles. The molecule has 0 aliphatic rings. The summed E-state index contributed by atoms with van der Waals surface area (Å²) >= 11 is 0. The third-order valence-electron chi connectivity index (χ3n) is 1.58. The van der Waals surface area contributed by atoms with Crippen LogP contribution >= 0.6 is 8.25 Å². The van der Waals surface area contributed by atoms with Gasteiger partial charge in [-0.3, -0.25) is 4.79 Å². The molecule has 88 valence electrons. The van der Waals surface area contributed by atoms with Gasteiger partial charge in [-0.1, -0.05) is 0 Å². The van der Waals surface area contributed by atoms with Crippen LogP contribution in [0.1, 0.15) is 13.3 Å². The van der Waals surface area contributed by atoms with Crippen molar-refractivity contribution in [1.82, 2.24) is 0 Å². The van der Waals surface area contributed by atoms with Crippen LogP contribution in [0.5, 0.6) is 0 Å². The van der Waals surface area contributed by atoms with Crippen LogP contribution in [0.2, 0.25) is 0 Å². The highest BCUT2D eigenvalue weighted by molar-refractivity contribution is 7.32. The minimum atomic E-state index is -2.59. The molecule has 0 aromatic heterocycles. The van der Waals surface area contributed by atoms with Gasteiger partial charge in [0.2, 0.25) is 0 Å². The zero-order chi connectivity index (χ0) is 11.7. The molecule has 0 aromatic rings. The van der Waals surface area contributed by atoms with E-state index in [-0.39, 0.29) is 25.7 Å². The van der Waals surface area contributed by atoms with Crippen LogP contribution in [-0.4, -0.2) is 30.7 Å². The second kappa shape index (κ2) is 8.70. The topological polar surface area (TPSA) is 108 Å². The molecule has 0 amide bonds. The Labute approximate surface area is 88.4 Å². The Morgan fingerprint density at radius 3 is 2.67 bits per heavy atom. The predicted octanol–water partition coefficient (Wildman–Crippen LogP) is 0.112.